The fourth-order valence-electron chi connectivity index (χ4n) is 3.38. The fourth-order valence-corrected chi connectivity index (χ4v) is 3.38. The third-order valence-corrected chi connectivity index (χ3v) is 4.84. The van der Waals surface area contributed by atoms with Gasteiger partial charge in [0.25, 0.3) is 0 Å². The summed E-state index contributed by atoms with van der Waals surface area (Å²) in [5.41, 5.74) is 2.32. The van der Waals surface area contributed by atoms with Crippen molar-refractivity contribution in [2.24, 2.45) is 5.92 Å². The van der Waals surface area contributed by atoms with E-state index in [4.69, 9.17) is 4.74 Å². The van der Waals surface area contributed by atoms with Gasteiger partial charge in [-0.2, -0.15) is 0 Å². The number of likely N-dealkylation sites (tertiary alicyclic amines) is 1. The zero-order chi connectivity index (χ0) is 15.5. The number of aliphatic hydroxyl groups is 1. The van der Waals surface area contributed by atoms with Crippen LogP contribution in [0.25, 0.3) is 0 Å². The number of benzene rings is 1. The molecule has 22 heavy (non-hydrogen) atoms. The van der Waals surface area contributed by atoms with E-state index in [0.717, 1.165) is 37.2 Å². The predicted molar refractivity (Wildman–Crippen MR) is 83.5 cm³/mol. The second-order valence-electron chi connectivity index (χ2n) is 6.25. The number of fused-ring (bicyclic) bond motifs is 1. The second-order valence-corrected chi connectivity index (χ2v) is 6.25. The Balaban J connectivity index is 1.57. The average Bonchev–Trinajstić information content (AvgIpc) is 2.99. The van der Waals surface area contributed by atoms with E-state index in [1.807, 2.05) is 17.0 Å². The van der Waals surface area contributed by atoms with Gasteiger partial charge in [0.1, 0.15) is 5.75 Å². The Morgan fingerprint density at radius 1 is 1.32 bits per heavy atom. The normalized spacial score (nSPS) is 19.3. The highest BCUT2D eigenvalue weighted by molar-refractivity contribution is 5.79. The largest absolute Gasteiger partial charge is 0.496 e. The third kappa shape index (κ3) is 3.10. The number of nitrogens with zero attached hydrogens (tertiary/aromatic N) is 2. The summed E-state index contributed by atoms with van der Waals surface area (Å²) in [6.07, 6.45) is 1.97. The van der Waals surface area contributed by atoms with E-state index in [9.17, 15) is 9.90 Å². The maximum atomic E-state index is 12.5. The van der Waals surface area contributed by atoms with Gasteiger partial charge in [0.05, 0.1) is 20.2 Å². The molecule has 1 aromatic carbocycles. The molecule has 0 unspecified atom stereocenters. The van der Waals surface area contributed by atoms with Crippen molar-refractivity contribution in [1.29, 1.82) is 0 Å². The third-order valence-electron chi connectivity index (χ3n) is 4.84. The van der Waals surface area contributed by atoms with Gasteiger partial charge in [0, 0.05) is 18.7 Å². The van der Waals surface area contributed by atoms with Crippen molar-refractivity contribution in [3.63, 3.8) is 0 Å². The number of carbonyl (C=O) groups excluding carboxylic acids is 1. The van der Waals surface area contributed by atoms with E-state index in [1.54, 1.807) is 7.11 Å². The molecule has 1 amide bonds. The first-order valence-electron chi connectivity index (χ1n) is 7.97. The molecule has 0 radical (unpaired) electrons. The lowest BCUT2D eigenvalue weighted by Crippen LogP contribution is -2.42. The number of rotatable bonds is 4. The van der Waals surface area contributed by atoms with E-state index >= 15 is 0 Å². The predicted octanol–water partition coefficient (Wildman–Crippen LogP) is 1.24. The van der Waals surface area contributed by atoms with Gasteiger partial charge < -0.3 is 14.7 Å². The molecule has 3 rings (SSSR count). The van der Waals surface area contributed by atoms with Gasteiger partial charge in [-0.1, -0.05) is 12.1 Å². The molecule has 1 N–H and O–H groups in total. The van der Waals surface area contributed by atoms with Gasteiger partial charge >= 0.3 is 0 Å². The standard InChI is InChI=1S/C17H24N2O3/c1-22-16-4-2-3-14-9-19(10-15(14)16)17(21)11-18-7-5-13(12-20)6-8-18/h2-4,13,20H,5-12H2,1H3. The van der Waals surface area contributed by atoms with E-state index in [0.29, 0.717) is 25.6 Å². The van der Waals surface area contributed by atoms with Gasteiger partial charge in [-0.3, -0.25) is 9.69 Å². The van der Waals surface area contributed by atoms with Crippen LogP contribution in [0.15, 0.2) is 18.2 Å². The van der Waals surface area contributed by atoms with Crippen molar-refractivity contribution < 1.29 is 14.6 Å². The zero-order valence-electron chi connectivity index (χ0n) is 13.1. The van der Waals surface area contributed by atoms with Crippen LogP contribution in [0.4, 0.5) is 0 Å². The highest BCUT2D eigenvalue weighted by Crippen LogP contribution is 2.30. The maximum absolute atomic E-state index is 12.5. The van der Waals surface area contributed by atoms with Crippen molar-refractivity contribution >= 4 is 5.91 Å². The van der Waals surface area contributed by atoms with E-state index in [2.05, 4.69) is 11.0 Å². The molecule has 0 aliphatic carbocycles. The first-order chi connectivity index (χ1) is 10.7. The quantitative estimate of drug-likeness (QED) is 0.909. The summed E-state index contributed by atoms with van der Waals surface area (Å²) in [7, 11) is 1.67. The molecule has 5 heteroatoms. The van der Waals surface area contributed by atoms with Crippen molar-refractivity contribution in [3.8, 4) is 5.75 Å². The fraction of sp³-hybridized carbons (Fsp3) is 0.588. The molecule has 0 atom stereocenters. The smallest absolute Gasteiger partial charge is 0.237 e. The van der Waals surface area contributed by atoms with Crippen LogP contribution in [-0.4, -0.2) is 54.2 Å². The molecule has 2 aliphatic rings. The lowest BCUT2D eigenvalue weighted by Gasteiger charge is -2.31. The Morgan fingerprint density at radius 3 is 2.77 bits per heavy atom. The Morgan fingerprint density at radius 2 is 2.09 bits per heavy atom. The summed E-state index contributed by atoms with van der Waals surface area (Å²) in [4.78, 5) is 16.6. The SMILES string of the molecule is COc1cccc2c1CN(C(=O)CN1CCC(CO)CC1)C2. The molecule has 0 aromatic heterocycles. The number of aliphatic hydroxyl groups excluding tert-OH is 1. The lowest BCUT2D eigenvalue weighted by atomic mass is 9.98. The number of hydrogen-bond acceptors (Lipinski definition) is 4. The number of carbonyl (C=O) groups is 1. The zero-order valence-corrected chi connectivity index (χ0v) is 13.1. The van der Waals surface area contributed by atoms with Crippen molar-refractivity contribution in [3.05, 3.63) is 29.3 Å². The van der Waals surface area contributed by atoms with Crippen LogP contribution in [0.5, 0.6) is 5.75 Å². The summed E-state index contributed by atoms with van der Waals surface area (Å²) in [5.74, 6) is 1.46. The Kier molecular flexibility index (Phi) is 4.64. The van der Waals surface area contributed by atoms with Gasteiger partial charge in [-0.05, 0) is 43.5 Å². The summed E-state index contributed by atoms with van der Waals surface area (Å²) in [6, 6.07) is 6.00. The number of hydrogen-bond donors (Lipinski definition) is 1. The topological polar surface area (TPSA) is 53.0 Å². The molecule has 5 nitrogen and oxygen atoms in total. The molecule has 0 bridgehead atoms. The van der Waals surface area contributed by atoms with Crippen molar-refractivity contribution in [2.45, 2.75) is 25.9 Å². The van der Waals surface area contributed by atoms with Crippen LogP contribution < -0.4 is 4.74 Å². The summed E-state index contributed by atoms with van der Waals surface area (Å²) in [5, 5.41) is 9.18. The molecule has 1 fully saturated rings. The highest BCUT2D eigenvalue weighted by Gasteiger charge is 2.28. The monoisotopic (exact) mass is 304 g/mol. The first kappa shape index (κ1) is 15.3. The van der Waals surface area contributed by atoms with Crippen LogP contribution in [0, 0.1) is 5.92 Å². The molecule has 1 aromatic rings. The molecule has 2 aliphatic heterocycles. The van der Waals surface area contributed by atoms with E-state index in [-0.39, 0.29) is 12.5 Å². The maximum Gasteiger partial charge on any atom is 0.237 e. The summed E-state index contributed by atoms with van der Waals surface area (Å²) < 4.78 is 5.39. The van der Waals surface area contributed by atoms with Crippen LogP contribution in [0.3, 0.4) is 0 Å². The van der Waals surface area contributed by atoms with Gasteiger partial charge in [0.15, 0.2) is 0 Å². The van der Waals surface area contributed by atoms with Crippen LogP contribution in [0.1, 0.15) is 24.0 Å². The molecule has 2 heterocycles. The highest BCUT2D eigenvalue weighted by atomic mass is 16.5. The second kappa shape index (κ2) is 6.67. The number of methoxy groups -OCH3 is 1. The number of piperidine rings is 1. The van der Waals surface area contributed by atoms with Crippen molar-refractivity contribution in [1.82, 2.24) is 9.80 Å². The van der Waals surface area contributed by atoms with Crippen LogP contribution >= 0.6 is 0 Å². The lowest BCUT2D eigenvalue weighted by molar-refractivity contribution is -0.133. The van der Waals surface area contributed by atoms with Gasteiger partial charge in [-0.25, -0.2) is 0 Å². The number of amides is 1. The van der Waals surface area contributed by atoms with Gasteiger partial charge in [0.2, 0.25) is 5.91 Å². The molecule has 1 saturated heterocycles. The molecule has 0 saturated carbocycles. The average molecular weight is 304 g/mol. The molecular formula is C17H24N2O3. The first-order valence-corrected chi connectivity index (χ1v) is 7.97. The Labute approximate surface area is 131 Å². The Bertz CT molecular complexity index is 539. The van der Waals surface area contributed by atoms with Crippen LogP contribution in [-0.2, 0) is 17.9 Å². The molecule has 120 valence electrons. The summed E-state index contributed by atoms with van der Waals surface area (Å²) in [6.45, 7) is 3.88. The van der Waals surface area contributed by atoms with E-state index < -0.39 is 0 Å². The summed E-state index contributed by atoms with van der Waals surface area (Å²) >= 11 is 0. The van der Waals surface area contributed by atoms with Crippen LogP contribution in [0.2, 0.25) is 0 Å². The number of ether oxygens (including phenoxy) is 1. The minimum absolute atomic E-state index is 0.181. The Hall–Kier alpha value is -1.59. The van der Waals surface area contributed by atoms with Crippen molar-refractivity contribution in [2.75, 3.05) is 33.4 Å². The molecule has 0 spiro atoms. The molecular weight excluding hydrogens is 280 g/mol. The van der Waals surface area contributed by atoms with Gasteiger partial charge in [-0.15, -0.1) is 0 Å². The van der Waals surface area contributed by atoms with E-state index in [1.165, 1.54) is 5.56 Å². The minimum Gasteiger partial charge on any atom is -0.496 e. The minimum atomic E-state index is 0.181.